The Morgan fingerprint density at radius 3 is 2.46 bits per heavy atom. The van der Waals surface area contributed by atoms with E-state index in [0.29, 0.717) is 6.04 Å². The fourth-order valence-corrected chi connectivity index (χ4v) is 1.90. The Kier molecular flexibility index (Phi) is 2.06. The van der Waals surface area contributed by atoms with Gasteiger partial charge in [0.1, 0.15) is 0 Å². The van der Waals surface area contributed by atoms with Crippen molar-refractivity contribution in [2.45, 2.75) is 45.2 Å². The normalized spacial score (nSPS) is 31.7. The molecular weight excluding hydrogens is 164 g/mol. The van der Waals surface area contributed by atoms with E-state index in [0.717, 1.165) is 6.54 Å². The number of rotatable bonds is 2. The van der Waals surface area contributed by atoms with E-state index in [1.807, 2.05) is 0 Å². The molecule has 2 rings (SSSR count). The predicted octanol–water partition coefficient (Wildman–Crippen LogP) is 0.653. The van der Waals surface area contributed by atoms with Crippen LogP contribution >= 0.6 is 0 Å². The molecule has 1 unspecified atom stereocenters. The van der Waals surface area contributed by atoms with Crippen molar-refractivity contribution >= 4 is 5.91 Å². The van der Waals surface area contributed by atoms with Crippen LogP contribution in [0, 0.1) is 5.41 Å². The van der Waals surface area contributed by atoms with Crippen LogP contribution in [0.4, 0.5) is 0 Å². The second-order valence-corrected chi connectivity index (χ2v) is 4.94. The van der Waals surface area contributed by atoms with Crippen molar-refractivity contribution in [3.05, 3.63) is 0 Å². The number of hydrogen-bond acceptors (Lipinski definition) is 2. The molecule has 13 heavy (non-hydrogen) atoms. The minimum atomic E-state index is 0.0353. The van der Waals surface area contributed by atoms with Crippen molar-refractivity contribution in [2.24, 2.45) is 5.41 Å². The van der Waals surface area contributed by atoms with Crippen LogP contribution in [0.15, 0.2) is 0 Å². The number of carbonyl (C=O) groups is 1. The maximum Gasteiger partial charge on any atom is 0.237 e. The Bertz CT molecular complexity index is 221. The molecule has 2 aliphatic rings. The molecule has 0 aromatic rings. The summed E-state index contributed by atoms with van der Waals surface area (Å²) in [5, 5.41) is 6.25. The molecule has 3 heteroatoms. The van der Waals surface area contributed by atoms with Gasteiger partial charge < -0.3 is 10.6 Å². The van der Waals surface area contributed by atoms with Gasteiger partial charge in [0.2, 0.25) is 5.91 Å². The second-order valence-electron chi connectivity index (χ2n) is 4.94. The highest BCUT2D eigenvalue weighted by atomic mass is 16.2. The molecule has 2 fully saturated rings. The number of hydrogen-bond donors (Lipinski definition) is 2. The molecule has 1 saturated heterocycles. The molecule has 0 aromatic carbocycles. The number of amides is 1. The van der Waals surface area contributed by atoms with Gasteiger partial charge in [0.25, 0.3) is 0 Å². The molecule has 0 spiro atoms. The summed E-state index contributed by atoms with van der Waals surface area (Å²) in [7, 11) is 0. The van der Waals surface area contributed by atoms with Crippen molar-refractivity contribution in [1.29, 1.82) is 0 Å². The van der Waals surface area contributed by atoms with Gasteiger partial charge >= 0.3 is 0 Å². The average Bonchev–Trinajstić information content (AvgIpc) is 1.95. The molecule has 1 atom stereocenters. The maximum atomic E-state index is 11.7. The monoisotopic (exact) mass is 182 g/mol. The van der Waals surface area contributed by atoms with Crippen LogP contribution in [-0.2, 0) is 4.79 Å². The smallest absolute Gasteiger partial charge is 0.237 e. The first-order valence-corrected chi connectivity index (χ1v) is 5.13. The van der Waals surface area contributed by atoms with E-state index in [4.69, 9.17) is 0 Å². The molecule has 1 saturated carbocycles. The van der Waals surface area contributed by atoms with Crippen molar-refractivity contribution in [3.8, 4) is 0 Å². The average molecular weight is 182 g/mol. The summed E-state index contributed by atoms with van der Waals surface area (Å²) in [6.45, 7) is 5.22. The van der Waals surface area contributed by atoms with Crippen LogP contribution in [0.1, 0.15) is 33.1 Å². The van der Waals surface area contributed by atoms with Gasteiger partial charge in [0.05, 0.1) is 6.04 Å². The Balaban J connectivity index is 1.83. The summed E-state index contributed by atoms with van der Waals surface area (Å²) >= 11 is 0. The van der Waals surface area contributed by atoms with Gasteiger partial charge in [-0.2, -0.15) is 0 Å². The van der Waals surface area contributed by atoms with E-state index in [-0.39, 0.29) is 17.4 Å². The van der Waals surface area contributed by atoms with Gasteiger partial charge in [-0.15, -0.1) is 0 Å². The first-order chi connectivity index (χ1) is 6.09. The zero-order chi connectivity index (χ0) is 9.47. The topological polar surface area (TPSA) is 41.1 Å². The van der Waals surface area contributed by atoms with Gasteiger partial charge in [0, 0.05) is 18.0 Å². The molecule has 74 valence electrons. The van der Waals surface area contributed by atoms with Crippen LogP contribution in [0.5, 0.6) is 0 Å². The number of carbonyl (C=O) groups excluding carboxylic acids is 1. The Morgan fingerprint density at radius 2 is 2.15 bits per heavy atom. The van der Waals surface area contributed by atoms with Gasteiger partial charge in [0.15, 0.2) is 0 Å². The largest absolute Gasteiger partial charge is 0.352 e. The number of nitrogens with one attached hydrogen (secondary N) is 2. The fraction of sp³-hybridized carbons (Fsp3) is 0.900. The van der Waals surface area contributed by atoms with E-state index in [9.17, 15) is 4.79 Å². The van der Waals surface area contributed by atoms with Crippen LogP contribution in [0.2, 0.25) is 0 Å². The molecule has 1 heterocycles. The van der Waals surface area contributed by atoms with Gasteiger partial charge in [-0.1, -0.05) is 13.8 Å². The van der Waals surface area contributed by atoms with E-state index in [1.54, 1.807) is 0 Å². The van der Waals surface area contributed by atoms with Crippen molar-refractivity contribution in [2.75, 3.05) is 6.54 Å². The van der Waals surface area contributed by atoms with E-state index in [1.165, 1.54) is 19.3 Å². The minimum Gasteiger partial charge on any atom is -0.352 e. The highest BCUT2D eigenvalue weighted by Gasteiger charge is 2.43. The summed E-state index contributed by atoms with van der Waals surface area (Å²) in [6.07, 6.45) is 3.60. The third-order valence-electron chi connectivity index (χ3n) is 3.26. The summed E-state index contributed by atoms with van der Waals surface area (Å²) < 4.78 is 0. The first-order valence-electron chi connectivity index (χ1n) is 5.13. The molecule has 0 radical (unpaired) electrons. The molecule has 1 aliphatic carbocycles. The Labute approximate surface area is 79.3 Å². The summed E-state index contributed by atoms with van der Waals surface area (Å²) in [6, 6.07) is 0.499. The SMILES string of the molecule is CC1(C)CNC1C(=O)NC1CCC1. The molecule has 1 amide bonds. The first kappa shape index (κ1) is 9.00. The molecule has 2 N–H and O–H groups in total. The molecular formula is C10H18N2O. The standard InChI is InChI=1S/C10H18N2O/c1-10(2)6-11-8(10)9(13)12-7-4-3-5-7/h7-8,11H,3-6H2,1-2H3,(H,12,13). The predicted molar refractivity (Wildman–Crippen MR) is 51.4 cm³/mol. The molecule has 0 aromatic heterocycles. The van der Waals surface area contributed by atoms with E-state index < -0.39 is 0 Å². The lowest BCUT2D eigenvalue weighted by atomic mass is 9.76. The highest BCUT2D eigenvalue weighted by molar-refractivity contribution is 5.84. The summed E-state index contributed by atoms with van der Waals surface area (Å²) in [5.74, 6) is 0.195. The lowest BCUT2D eigenvalue weighted by Gasteiger charge is -2.45. The zero-order valence-corrected chi connectivity index (χ0v) is 8.39. The van der Waals surface area contributed by atoms with E-state index >= 15 is 0 Å². The maximum absolute atomic E-state index is 11.7. The van der Waals surface area contributed by atoms with Crippen molar-refractivity contribution in [3.63, 3.8) is 0 Å². The van der Waals surface area contributed by atoms with Crippen LogP contribution < -0.4 is 10.6 Å². The molecule has 3 nitrogen and oxygen atoms in total. The quantitative estimate of drug-likeness (QED) is 0.658. The highest BCUT2D eigenvalue weighted by Crippen LogP contribution is 2.28. The van der Waals surface area contributed by atoms with Crippen LogP contribution in [0.25, 0.3) is 0 Å². The Morgan fingerprint density at radius 1 is 1.46 bits per heavy atom. The van der Waals surface area contributed by atoms with Gasteiger partial charge in [-0.3, -0.25) is 4.79 Å². The molecule has 0 bridgehead atoms. The lowest BCUT2D eigenvalue weighted by Crippen LogP contribution is -2.66. The zero-order valence-electron chi connectivity index (χ0n) is 8.39. The van der Waals surface area contributed by atoms with Crippen molar-refractivity contribution in [1.82, 2.24) is 10.6 Å². The third kappa shape index (κ3) is 1.57. The fourth-order valence-electron chi connectivity index (χ4n) is 1.90. The van der Waals surface area contributed by atoms with Gasteiger partial charge in [-0.05, 0) is 19.3 Å². The summed E-state index contributed by atoms with van der Waals surface area (Å²) in [4.78, 5) is 11.7. The second kappa shape index (κ2) is 2.98. The summed E-state index contributed by atoms with van der Waals surface area (Å²) in [5.41, 5.74) is 0.147. The lowest BCUT2D eigenvalue weighted by molar-refractivity contribution is -0.130. The van der Waals surface area contributed by atoms with Crippen molar-refractivity contribution < 1.29 is 4.79 Å². The van der Waals surface area contributed by atoms with E-state index in [2.05, 4.69) is 24.5 Å². The van der Waals surface area contributed by atoms with Gasteiger partial charge in [-0.25, -0.2) is 0 Å². The molecule has 1 aliphatic heterocycles. The van der Waals surface area contributed by atoms with Crippen LogP contribution in [-0.4, -0.2) is 24.5 Å². The minimum absolute atomic E-state index is 0.0353. The van der Waals surface area contributed by atoms with Crippen LogP contribution in [0.3, 0.4) is 0 Å². The Hall–Kier alpha value is -0.570. The third-order valence-corrected chi connectivity index (χ3v) is 3.26.